The highest BCUT2D eigenvalue weighted by molar-refractivity contribution is 5.48. The summed E-state index contributed by atoms with van der Waals surface area (Å²) in [5.41, 5.74) is 5.37. The van der Waals surface area contributed by atoms with Crippen LogP contribution >= 0.6 is 0 Å². The van der Waals surface area contributed by atoms with E-state index in [1.165, 1.54) is 18.2 Å². The molecule has 0 fully saturated rings. The quantitative estimate of drug-likeness (QED) is 0.802. The maximum absolute atomic E-state index is 13.3. The van der Waals surface area contributed by atoms with Gasteiger partial charge in [-0.15, -0.1) is 0 Å². The van der Waals surface area contributed by atoms with Crippen LogP contribution in [0.15, 0.2) is 18.2 Å². The fourth-order valence-corrected chi connectivity index (χ4v) is 1.37. The Morgan fingerprint density at radius 1 is 1.29 bits per heavy atom. The first-order valence-corrected chi connectivity index (χ1v) is 4.59. The Labute approximate surface area is 82.3 Å². The van der Waals surface area contributed by atoms with Gasteiger partial charge in [0.15, 0.2) is 0 Å². The minimum Gasteiger partial charge on any atom is -0.366 e. The smallest absolute Gasteiger partial charge is 0.149 e. The molecule has 0 saturated carbocycles. The summed E-state index contributed by atoms with van der Waals surface area (Å²) in [6, 6.07) is 3.85. The number of halogens is 2. The van der Waals surface area contributed by atoms with Crippen LogP contribution in [0.3, 0.4) is 0 Å². The van der Waals surface area contributed by atoms with Gasteiger partial charge >= 0.3 is 0 Å². The number of nitrogens with two attached hydrogens (primary N) is 1. The second-order valence-corrected chi connectivity index (χ2v) is 2.94. The lowest BCUT2D eigenvalue weighted by Gasteiger charge is -2.23. The monoisotopic (exact) mass is 200 g/mol. The average Bonchev–Trinajstić information content (AvgIpc) is 2.16. The normalized spacial score (nSPS) is 10.3. The van der Waals surface area contributed by atoms with Crippen molar-refractivity contribution in [1.29, 1.82) is 0 Å². The van der Waals surface area contributed by atoms with Crippen LogP contribution in [0.2, 0.25) is 0 Å². The van der Waals surface area contributed by atoms with Gasteiger partial charge in [0.2, 0.25) is 0 Å². The number of rotatable bonds is 4. The maximum atomic E-state index is 13.3. The first-order chi connectivity index (χ1) is 6.70. The molecule has 0 aliphatic carbocycles. The second-order valence-electron chi connectivity index (χ2n) is 2.94. The molecular weight excluding hydrogens is 186 g/mol. The van der Waals surface area contributed by atoms with Gasteiger partial charge in [-0.2, -0.15) is 0 Å². The van der Waals surface area contributed by atoms with Crippen molar-refractivity contribution in [3.8, 4) is 0 Å². The van der Waals surface area contributed by atoms with Gasteiger partial charge in [0.1, 0.15) is 17.3 Å². The van der Waals surface area contributed by atoms with E-state index in [-0.39, 0.29) is 5.69 Å². The molecule has 0 saturated heterocycles. The third kappa shape index (κ3) is 2.20. The molecule has 2 N–H and O–H groups in total. The van der Waals surface area contributed by atoms with Crippen LogP contribution in [0.25, 0.3) is 0 Å². The molecule has 0 radical (unpaired) electrons. The Balaban J connectivity index is 3.02. The summed E-state index contributed by atoms with van der Waals surface area (Å²) in [5.74, 6) is -1.08. The summed E-state index contributed by atoms with van der Waals surface area (Å²) >= 11 is 0. The van der Waals surface area contributed by atoms with Crippen molar-refractivity contribution in [2.45, 2.75) is 6.92 Å². The van der Waals surface area contributed by atoms with Crippen LogP contribution in [0.4, 0.5) is 14.5 Å². The predicted octanol–water partition coefficient (Wildman–Crippen LogP) is 1.75. The molecule has 1 rings (SSSR count). The Morgan fingerprint density at radius 3 is 2.29 bits per heavy atom. The number of para-hydroxylation sites is 1. The summed E-state index contributed by atoms with van der Waals surface area (Å²) in [5, 5.41) is 0. The van der Waals surface area contributed by atoms with E-state index in [1.807, 2.05) is 6.92 Å². The van der Waals surface area contributed by atoms with Gasteiger partial charge in [-0.25, -0.2) is 8.78 Å². The zero-order chi connectivity index (χ0) is 10.6. The van der Waals surface area contributed by atoms with Crippen molar-refractivity contribution in [2.75, 3.05) is 24.5 Å². The molecule has 14 heavy (non-hydrogen) atoms. The zero-order valence-corrected chi connectivity index (χ0v) is 8.13. The van der Waals surface area contributed by atoms with Crippen LogP contribution in [0, 0.1) is 11.6 Å². The van der Waals surface area contributed by atoms with Gasteiger partial charge in [-0.1, -0.05) is 6.07 Å². The summed E-state index contributed by atoms with van der Waals surface area (Å²) in [6.07, 6.45) is 0. The molecule has 0 atom stereocenters. The third-order valence-corrected chi connectivity index (χ3v) is 2.03. The van der Waals surface area contributed by atoms with Crippen LogP contribution < -0.4 is 10.6 Å². The standard InChI is InChI=1S/C10H14F2N2/c1-2-14(7-6-13)10-8(11)4-3-5-9(10)12/h3-5H,2,6-7,13H2,1H3. The average molecular weight is 200 g/mol. The lowest BCUT2D eigenvalue weighted by Crippen LogP contribution is -2.30. The summed E-state index contributed by atoms with van der Waals surface area (Å²) in [7, 11) is 0. The highest BCUT2D eigenvalue weighted by Gasteiger charge is 2.13. The van der Waals surface area contributed by atoms with Gasteiger partial charge in [0, 0.05) is 19.6 Å². The maximum Gasteiger partial charge on any atom is 0.149 e. The van der Waals surface area contributed by atoms with E-state index in [0.717, 1.165) is 0 Å². The molecule has 0 aromatic heterocycles. The first kappa shape index (κ1) is 10.9. The van der Waals surface area contributed by atoms with E-state index in [2.05, 4.69) is 0 Å². The summed E-state index contributed by atoms with van der Waals surface area (Å²) < 4.78 is 26.6. The molecule has 1 aromatic carbocycles. The van der Waals surface area contributed by atoms with Crippen LogP contribution in [0.1, 0.15) is 6.92 Å². The molecule has 0 heterocycles. The summed E-state index contributed by atoms with van der Waals surface area (Å²) in [4.78, 5) is 1.59. The molecule has 0 amide bonds. The minimum absolute atomic E-state index is 0.0143. The number of hydrogen-bond acceptors (Lipinski definition) is 2. The first-order valence-electron chi connectivity index (χ1n) is 4.59. The molecule has 78 valence electrons. The molecule has 2 nitrogen and oxygen atoms in total. The molecule has 4 heteroatoms. The van der Waals surface area contributed by atoms with E-state index in [4.69, 9.17) is 5.73 Å². The van der Waals surface area contributed by atoms with Crippen molar-refractivity contribution in [3.63, 3.8) is 0 Å². The van der Waals surface area contributed by atoms with E-state index < -0.39 is 11.6 Å². The van der Waals surface area contributed by atoms with Crippen molar-refractivity contribution < 1.29 is 8.78 Å². The van der Waals surface area contributed by atoms with E-state index in [1.54, 1.807) is 4.90 Å². The molecular formula is C10H14F2N2. The van der Waals surface area contributed by atoms with Crippen LogP contribution in [-0.2, 0) is 0 Å². The lowest BCUT2D eigenvalue weighted by atomic mass is 10.2. The molecule has 0 unspecified atom stereocenters. The van der Waals surface area contributed by atoms with Crippen LogP contribution in [-0.4, -0.2) is 19.6 Å². The van der Waals surface area contributed by atoms with Crippen molar-refractivity contribution in [1.82, 2.24) is 0 Å². The second kappa shape index (κ2) is 4.91. The third-order valence-electron chi connectivity index (χ3n) is 2.03. The molecule has 1 aromatic rings. The van der Waals surface area contributed by atoms with E-state index >= 15 is 0 Å². The van der Waals surface area contributed by atoms with Gasteiger partial charge < -0.3 is 10.6 Å². The number of nitrogens with zero attached hydrogens (tertiary/aromatic N) is 1. The number of benzene rings is 1. The van der Waals surface area contributed by atoms with Crippen molar-refractivity contribution >= 4 is 5.69 Å². The Hall–Kier alpha value is -1.16. The fourth-order valence-electron chi connectivity index (χ4n) is 1.37. The Morgan fingerprint density at radius 2 is 1.86 bits per heavy atom. The molecule has 0 aliphatic heterocycles. The number of anilines is 1. The number of likely N-dealkylation sites (N-methyl/N-ethyl adjacent to an activating group) is 1. The van der Waals surface area contributed by atoms with Crippen molar-refractivity contribution in [3.05, 3.63) is 29.8 Å². The molecule has 0 spiro atoms. The Bertz CT molecular complexity index is 282. The molecule has 0 bridgehead atoms. The van der Waals surface area contributed by atoms with Crippen LogP contribution in [0.5, 0.6) is 0 Å². The predicted molar refractivity (Wildman–Crippen MR) is 53.3 cm³/mol. The Kier molecular flexibility index (Phi) is 3.83. The highest BCUT2D eigenvalue weighted by Crippen LogP contribution is 2.22. The zero-order valence-electron chi connectivity index (χ0n) is 8.13. The minimum atomic E-state index is -0.541. The van der Waals surface area contributed by atoms with E-state index in [9.17, 15) is 8.78 Å². The summed E-state index contributed by atoms with van der Waals surface area (Å²) in [6.45, 7) is 3.20. The largest absolute Gasteiger partial charge is 0.366 e. The lowest BCUT2D eigenvalue weighted by molar-refractivity contribution is 0.572. The topological polar surface area (TPSA) is 29.3 Å². The van der Waals surface area contributed by atoms with Gasteiger partial charge in [0.25, 0.3) is 0 Å². The SMILES string of the molecule is CCN(CCN)c1c(F)cccc1F. The van der Waals surface area contributed by atoms with E-state index in [0.29, 0.717) is 19.6 Å². The number of hydrogen-bond donors (Lipinski definition) is 1. The van der Waals surface area contributed by atoms with Gasteiger partial charge in [0.05, 0.1) is 0 Å². The fraction of sp³-hybridized carbons (Fsp3) is 0.400. The van der Waals surface area contributed by atoms with Crippen molar-refractivity contribution in [2.24, 2.45) is 5.73 Å². The highest BCUT2D eigenvalue weighted by atomic mass is 19.1. The van der Waals surface area contributed by atoms with Gasteiger partial charge in [-0.3, -0.25) is 0 Å². The molecule has 0 aliphatic rings. The van der Waals surface area contributed by atoms with Gasteiger partial charge in [-0.05, 0) is 19.1 Å².